The second-order valence-electron chi connectivity index (χ2n) is 5.01. The maximum Gasteiger partial charge on any atom is 0.140 e. The Morgan fingerprint density at radius 3 is 2.61 bits per heavy atom. The number of benzene rings is 1. The molecule has 0 atom stereocenters. The van der Waals surface area contributed by atoms with E-state index in [1.807, 2.05) is 6.20 Å². The Morgan fingerprint density at radius 2 is 1.89 bits per heavy atom. The number of aromatic nitrogens is 2. The van der Waals surface area contributed by atoms with Crippen LogP contribution in [0.3, 0.4) is 0 Å². The maximum atomic E-state index is 4.53. The van der Waals surface area contributed by atoms with Crippen LogP contribution in [0.15, 0.2) is 36.7 Å². The Hall–Kier alpha value is -1.61. The van der Waals surface area contributed by atoms with E-state index in [-0.39, 0.29) is 0 Å². The second kappa shape index (κ2) is 4.94. The van der Waals surface area contributed by atoms with Crippen LogP contribution < -0.4 is 5.32 Å². The normalized spacial score (nSPS) is 16.9. The molecular formula is C15H19N3. The van der Waals surface area contributed by atoms with Gasteiger partial charge in [-0.1, -0.05) is 29.8 Å². The van der Waals surface area contributed by atoms with Gasteiger partial charge in [-0.05, 0) is 32.9 Å². The fraction of sp³-hybridized carbons (Fsp3) is 0.400. The Morgan fingerprint density at radius 1 is 1.17 bits per heavy atom. The molecule has 3 heteroatoms. The molecule has 0 aliphatic carbocycles. The third-order valence-electron chi connectivity index (χ3n) is 3.68. The first-order valence-electron chi connectivity index (χ1n) is 6.65. The van der Waals surface area contributed by atoms with Gasteiger partial charge in [0.2, 0.25) is 0 Å². The molecule has 1 fully saturated rings. The number of nitrogens with one attached hydrogen (secondary N) is 1. The summed E-state index contributed by atoms with van der Waals surface area (Å²) in [5.74, 6) is 1.10. The molecule has 0 saturated carbocycles. The highest BCUT2D eigenvalue weighted by atomic mass is 15.1. The van der Waals surface area contributed by atoms with Gasteiger partial charge in [-0.15, -0.1) is 0 Å². The SMILES string of the molecule is Cc1ccc(-c2nccn2C2CCNCC2)cc1. The summed E-state index contributed by atoms with van der Waals surface area (Å²) in [6, 6.07) is 9.21. The van der Waals surface area contributed by atoms with Crippen LogP contribution in [0.25, 0.3) is 11.4 Å². The van der Waals surface area contributed by atoms with Crippen LogP contribution in [-0.4, -0.2) is 22.6 Å². The number of hydrogen-bond donors (Lipinski definition) is 1. The molecule has 3 nitrogen and oxygen atoms in total. The summed E-state index contributed by atoms with van der Waals surface area (Å²) in [5, 5.41) is 3.41. The molecular weight excluding hydrogens is 222 g/mol. The van der Waals surface area contributed by atoms with Crippen molar-refractivity contribution in [2.45, 2.75) is 25.8 Å². The van der Waals surface area contributed by atoms with Crippen LogP contribution in [-0.2, 0) is 0 Å². The predicted octanol–water partition coefficient (Wildman–Crippen LogP) is 2.78. The summed E-state index contributed by atoms with van der Waals surface area (Å²) >= 11 is 0. The van der Waals surface area contributed by atoms with E-state index in [4.69, 9.17) is 0 Å². The van der Waals surface area contributed by atoms with E-state index in [0.717, 1.165) is 18.9 Å². The van der Waals surface area contributed by atoms with Crippen molar-refractivity contribution in [2.24, 2.45) is 0 Å². The van der Waals surface area contributed by atoms with Crippen molar-refractivity contribution < 1.29 is 0 Å². The van der Waals surface area contributed by atoms with Gasteiger partial charge in [0.25, 0.3) is 0 Å². The molecule has 1 aromatic heterocycles. The minimum atomic E-state index is 0.588. The lowest BCUT2D eigenvalue weighted by atomic mass is 10.1. The van der Waals surface area contributed by atoms with Gasteiger partial charge < -0.3 is 9.88 Å². The summed E-state index contributed by atoms with van der Waals surface area (Å²) < 4.78 is 2.34. The quantitative estimate of drug-likeness (QED) is 0.876. The van der Waals surface area contributed by atoms with E-state index in [2.05, 4.69) is 52.3 Å². The number of hydrogen-bond acceptors (Lipinski definition) is 2. The molecule has 18 heavy (non-hydrogen) atoms. The zero-order valence-electron chi connectivity index (χ0n) is 10.8. The van der Waals surface area contributed by atoms with E-state index >= 15 is 0 Å². The van der Waals surface area contributed by atoms with Crippen molar-refractivity contribution >= 4 is 0 Å². The zero-order valence-corrected chi connectivity index (χ0v) is 10.8. The van der Waals surface area contributed by atoms with Crippen LogP contribution in [0.5, 0.6) is 0 Å². The van der Waals surface area contributed by atoms with Crippen molar-refractivity contribution in [3.63, 3.8) is 0 Å². The molecule has 1 aromatic carbocycles. The minimum Gasteiger partial charge on any atom is -0.328 e. The number of aryl methyl sites for hydroxylation is 1. The van der Waals surface area contributed by atoms with Crippen LogP contribution in [0, 0.1) is 6.92 Å². The van der Waals surface area contributed by atoms with E-state index in [1.54, 1.807) is 0 Å². The average Bonchev–Trinajstić information content (AvgIpc) is 2.90. The Bertz CT molecular complexity index is 507. The molecule has 3 rings (SSSR count). The first-order valence-corrected chi connectivity index (χ1v) is 6.65. The molecule has 0 unspecified atom stereocenters. The Kier molecular flexibility index (Phi) is 3.15. The van der Waals surface area contributed by atoms with Gasteiger partial charge in [0, 0.05) is 24.0 Å². The first kappa shape index (κ1) is 11.5. The van der Waals surface area contributed by atoms with E-state index in [9.17, 15) is 0 Å². The molecule has 0 amide bonds. The van der Waals surface area contributed by atoms with Crippen LogP contribution in [0.1, 0.15) is 24.4 Å². The second-order valence-corrected chi connectivity index (χ2v) is 5.01. The molecule has 94 valence electrons. The summed E-state index contributed by atoms with van der Waals surface area (Å²) in [6.45, 7) is 4.33. The van der Waals surface area contributed by atoms with Gasteiger partial charge >= 0.3 is 0 Å². The van der Waals surface area contributed by atoms with Crippen LogP contribution in [0.4, 0.5) is 0 Å². The first-order chi connectivity index (χ1) is 8.84. The van der Waals surface area contributed by atoms with Crippen molar-refractivity contribution in [3.8, 4) is 11.4 Å². The zero-order chi connectivity index (χ0) is 12.4. The van der Waals surface area contributed by atoms with E-state index in [1.165, 1.54) is 24.0 Å². The standard InChI is InChI=1S/C15H19N3/c1-12-2-4-13(5-3-12)15-17-10-11-18(15)14-6-8-16-9-7-14/h2-5,10-11,14,16H,6-9H2,1H3. The molecule has 1 saturated heterocycles. The van der Waals surface area contributed by atoms with Crippen molar-refractivity contribution in [1.29, 1.82) is 0 Å². The van der Waals surface area contributed by atoms with E-state index < -0.39 is 0 Å². The molecule has 1 aliphatic heterocycles. The highest BCUT2D eigenvalue weighted by Gasteiger charge is 2.17. The van der Waals surface area contributed by atoms with Crippen molar-refractivity contribution in [3.05, 3.63) is 42.2 Å². The fourth-order valence-corrected chi connectivity index (χ4v) is 2.62. The number of nitrogens with zero attached hydrogens (tertiary/aromatic N) is 2. The summed E-state index contributed by atoms with van der Waals surface area (Å²) in [4.78, 5) is 4.53. The number of rotatable bonds is 2. The van der Waals surface area contributed by atoms with Crippen molar-refractivity contribution in [2.75, 3.05) is 13.1 Å². The van der Waals surface area contributed by atoms with Gasteiger partial charge in [0.15, 0.2) is 0 Å². The lowest BCUT2D eigenvalue weighted by molar-refractivity contribution is 0.370. The number of imidazole rings is 1. The maximum absolute atomic E-state index is 4.53. The molecule has 1 N–H and O–H groups in total. The van der Waals surface area contributed by atoms with Crippen LogP contribution in [0.2, 0.25) is 0 Å². The molecule has 1 aliphatic rings. The van der Waals surface area contributed by atoms with Gasteiger partial charge in [-0.2, -0.15) is 0 Å². The third kappa shape index (κ3) is 2.18. The smallest absolute Gasteiger partial charge is 0.140 e. The van der Waals surface area contributed by atoms with E-state index in [0.29, 0.717) is 6.04 Å². The Labute approximate surface area is 108 Å². The third-order valence-corrected chi connectivity index (χ3v) is 3.68. The van der Waals surface area contributed by atoms with Gasteiger partial charge in [0.05, 0.1) is 0 Å². The fourth-order valence-electron chi connectivity index (χ4n) is 2.62. The molecule has 0 spiro atoms. The lowest BCUT2D eigenvalue weighted by Crippen LogP contribution is -2.29. The highest BCUT2D eigenvalue weighted by Crippen LogP contribution is 2.26. The summed E-state index contributed by atoms with van der Waals surface area (Å²) in [6.07, 6.45) is 6.41. The highest BCUT2D eigenvalue weighted by molar-refractivity contribution is 5.56. The Balaban J connectivity index is 1.93. The molecule has 0 radical (unpaired) electrons. The van der Waals surface area contributed by atoms with Gasteiger partial charge in [-0.3, -0.25) is 0 Å². The molecule has 2 heterocycles. The topological polar surface area (TPSA) is 29.9 Å². The monoisotopic (exact) mass is 241 g/mol. The summed E-state index contributed by atoms with van der Waals surface area (Å²) in [7, 11) is 0. The van der Waals surface area contributed by atoms with Gasteiger partial charge in [-0.25, -0.2) is 4.98 Å². The average molecular weight is 241 g/mol. The van der Waals surface area contributed by atoms with Crippen LogP contribution >= 0.6 is 0 Å². The van der Waals surface area contributed by atoms with Gasteiger partial charge in [0.1, 0.15) is 5.82 Å². The minimum absolute atomic E-state index is 0.588. The molecule has 0 bridgehead atoms. The number of piperidine rings is 1. The lowest BCUT2D eigenvalue weighted by Gasteiger charge is -2.25. The summed E-state index contributed by atoms with van der Waals surface area (Å²) in [5.41, 5.74) is 2.50. The predicted molar refractivity (Wildman–Crippen MR) is 73.5 cm³/mol. The molecule has 2 aromatic rings. The van der Waals surface area contributed by atoms with Crippen molar-refractivity contribution in [1.82, 2.24) is 14.9 Å². The largest absolute Gasteiger partial charge is 0.328 e.